The molecule has 1 aliphatic rings. The van der Waals surface area contributed by atoms with Gasteiger partial charge in [-0.05, 0) is 55.0 Å². The predicted molar refractivity (Wildman–Crippen MR) is 144 cm³/mol. The first-order chi connectivity index (χ1) is 18.4. The number of aliphatic carboxylic acids is 1. The number of aromatic nitrogens is 2. The second-order valence-electron chi connectivity index (χ2n) is 9.19. The van der Waals surface area contributed by atoms with E-state index in [9.17, 15) is 9.59 Å². The van der Waals surface area contributed by atoms with Crippen molar-refractivity contribution in [1.29, 1.82) is 0 Å². The maximum atomic E-state index is 13.2. The molecule has 0 saturated heterocycles. The number of hydrogen-bond acceptors (Lipinski definition) is 5. The van der Waals surface area contributed by atoms with Crippen LogP contribution in [-0.2, 0) is 9.59 Å². The van der Waals surface area contributed by atoms with E-state index in [1.54, 1.807) is 7.11 Å². The molecule has 0 radical (unpaired) electrons. The third-order valence-electron chi connectivity index (χ3n) is 6.56. The van der Waals surface area contributed by atoms with E-state index in [-0.39, 0.29) is 18.7 Å². The molecule has 0 spiro atoms. The summed E-state index contributed by atoms with van der Waals surface area (Å²) in [6.07, 6.45) is 0.0439. The zero-order valence-electron chi connectivity index (χ0n) is 21.2. The first kappa shape index (κ1) is 25.0. The van der Waals surface area contributed by atoms with Crippen molar-refractivity contribution in [1.82, 2.24) is 14.8 Å². The highest BCUT2D eigenvalue weighted by Crippen LogP contribution is 2.36. The van der Waals surface area contributed by atoms with Crippen LogP contribution >= 0.6 is 0 Å². The SMILES string of the molecule is COc1ccc(C2=NN(C(=O)CCC(=O)O)C(c3cc(-c4ccc(C)cc4)n(-c4ccccc4)n3)C2)cc1. The lowest BCUT2D eigenvalue weighted by atomic mass is 10.0. The molecule has 8 nitrogen and oxygen atoms in total. The summed E-state index contributed by atoms with van der Waals surface area (Å²) in [7, 11) is 1.61. The normalized spacial score (nSPS) is 14.8. The molecule has 1 aliphatic heterocycles. The lowest BCUT2D eigenvalue weighted by Gasteiger charge is -2.19. The highest BCUT2D eigenvalue weighted by atomic mass is 16.5. The van der Waals surface area contributed by atoms with Crippen LogP contribution in [0.2, 0.25) is 0 Å². The number of rotatable bonds is 8. The highest BCUT2D eigenvalue weighted by Gasteiger charge is 2.35. The van der Waals surface area contributed by atoms with Crippen molar-refractivity contribution in [2.24, 2.45) is 5.10 Å². The van der Waals surface area contributed by atoms with E-state index < -0.39 is 12.0 Å². The van der Waals surface area contributed by atoms with Crippen LogP contribution in [0.15, 0.2) is 90.0 Å². The fourth-order valence-corrected chi connectivity index (χ4v) is 4.52. The van der Waals surface area contributed by atoms with Gasteiger partial charge in [0.1, 0.15) is 11.8 Å². The summed E-state index contributed by atoms with van der Waals surface area (Å²) in [5, 5.41) is 20.2. The third kappa shape index (κ3) is 5.20. The number of aryl methyl sites for hydroxylation is 1. The zero-order chi connectivity index (χ0) is 26.6. The summed E-state index contributed by atoms with van der Waals surface area (Å²) in [4.78, 5) is 24.3. The minimum Gasteiger partial charge on any atom is -0.497 e. The minimum absolute atomic E-state index is 0.143. The van der Waals surface area contributed by atoms with Gasteiger partial charge in [0.05, 0.1) is 36.3 Å². The Bertz CT molecular complexity index is 1480. The fraction of sp³-hybridized carbons (Fsp3) is 0.200. The summed E-state index contributed by atoms with van der Waals surface area (Å²) in [6.45, 7) is 2.04. The van der Waals surface area contributed by atoms with E-state index in [0.717, 1.165) is 39.5 Å². The Kier molecular flexibility index (Phi) is 7.04. The van der Waals surface area contributed by atoms with Crippen LogP contribution in [0, 0.1) is 6.92 Å². The average Bonchev–Trinajstić information content (AvgIpc) is 3.58. The van der Waals surface area contributed by atoms with Crippen LogP contribution in [-0.4, -0.2) is 44.6 Å². The van der Waals surface area contributed by atoms with E-state index in [1.165, 1.54) is 5.01 Å². The van der Waals surface area contributed by atoms with E-state index in [2.05, 4.69) is 29.4 Å². The van der Waals surface area contributed by atoms with Gasteiger partial charge in [0.25, 0.3) is 0 Å². The van der Waals surface area contributed by atoms with Gasteiger partial charge < -0.3 is 9.84 Å². The topological polar surface area (TPSA) is 97.0 Å². The number of methoxy groups -OCH3 is 1. The molecule has 38 heavy (non-hydrogen) atoms. The first-order valence-corrected chi connectivity index (χ1v) is 12.4. The number of carbonyl (C=O) groups excluding carboxylic acids is 1. The summed E-state index contributed by atoms with van der Waals surface area (Å²) >= 11 is 0. The smallest absolute Gasteiger partial charge is 0.303 e. The lowest BCUT2D eigenvalue weighted by molar-refractivity contribution is -0.141. The van der Waals surface area contributed by atoms with Gasteiger partial charge in [0.15, 0.2) is 0 Å². The van der Waals surface area contributed by atoms with Gasteiger partial charge in [-0.1, -0.05) is 48.0 Å². The van der Waals surface area contributed by atoms with Gasteiger partial charge in [-0.3, -0.25) is 9.59 Å². The highest BCUT2D eigenvalue weighted by molar-refractivity contribution is 6.03. The molecule has 192 valence electrons. The molecular weight excluding hydrogens is 480 g/mol. The molecule has 1 atom stereocenters. The van der Waals surface area contributed by atoms with Gasteiger partial charge in [0, 0.05) is 18.4 Å². The Balaban J connectivity index is 1.56. The summed E-state index contributed by atoms with van der Waals surface area (Å²) < 4.78 is 7.15. The van der Waals surface area contributed by atoms with E-state index in [1.807, 2.05) is 72.3 Å². The number of hydrogen-bond donors (Lipinski definition) is 1. The Morgan fingerprint density at radius 3 is 2.29 bits per heavy atom. The van der Waals surface area contributed by atoms with Crippen LogP contribution in [0.3, 0.4) is 0 Å². The average molecular weight is 509 g/mol. The second kappa shape index (κ2) is 10.7. The molecule has 1 N–H and O–H groups in total. The number of hydrazone groups is 1. The van der Waals surface area contributed by atoms with Crippen molar-refractivity contribution in [2.75, 3.05) is 7.11 Å². The molecule has 4 aromatic rings. The first-order valence-electron chi connectivity index (χ1n) is 12.4. The Hall–Kier alpha value is -4.72. The molecule has 1 amide bonds. The summed E-state index contributed by atoms with van der Waals surface area (Å²) in [6, 6.07) is 27.1. The molecular formula is C30H28N4O4. The van der Waals surface area contributed by atoms with Gasteiger partial charge in [0.2, 0.25) is 5.91 Å². The predicted octanol–water partition coefficient (Wildman–Crippen LogP) is 5.40. The van der Waals surface area contributed by atoms with Crippen molar-refractivity contribution < 1.29 is 19.4 Å². The minimum atomic E-state index is -1.02. The molecule has 1 aromatic heterocycles. The second-order valence-corrected chi connectivity index (χ2v) is 9.19. The number of carboxylic acids is 1. The number of benzene rings is 3. The quantitative estimate of drug-likeness (QED) is 0.344. The largest absolute Gasteiger partial charge is 0.497 e. The van der Waals surface area contributed by atoms with Gasteiger partial charge in [-0.15, -0.1) is 0 Å². The van der Waals surface area contributed by atoms with Crippen LogP contribution < -0.4 is 4.74 Å². The number of nitrogens with zero attached hydrogens (tertiary/aromatic N) is 4. The molecule has 0 bridgehead atoms. The number of para-hydroxylation sites is 1. The Morgan fingerprint density at radius 1 is 0.947 bits per heavy atom. The number of carboxylic acid groups (broad SMARTS) is 1. The monoisotopic (exact) mass is 508 g/mol. The molecule has 2 heterocycles. The molecule has 5 rings (SSSR count). The fourth-order valence-electron chi connectivity index (χ4n) is 4.52. The van der Waals surface area contributed by atoms with E-state index in [4.69, 9.17) is 14.9 Å². The Morgan fingerprint density at radius 2 is 1.63 bits per heavy atom. The van der Waals surface area contributed by atoms with Crippen LogP contribution in [0.25, 0.3) is 16.9 Å². The van der Waals surface area contributed by atoms with Crippen molar-refractivity contribution in [2.45, 2.75) is 32.2 Å². The molecule has 0 aliphatic carbocycles. The van der Waals surface area contributed by atoms with Gasteiger partial charge in [-0.25, -0.2) is 9.69 Å². The van der Waals surface area contributed by atoms with Crippen molar-refractivity contribution in [3.63, 3.8) is 0 Å². The number of ether oxygens (including phenoxy) is 1. The molecule has 3 aromatic carbocycles. The molecule has 0 fully saturated rings. The summed E-state index contributed by atoms with van der Waals surface area (Å²) in [5.74, 6) is -0.654. The van der Waals surface area contributed by atoms with Crippen molar-refractivity contribution >= 4 is 17.6 Å². The maximum absolute atomic E-state index is 13.2. The van der Waals surface area contributed by atoms with Crippen LogP contribution in [0.1, 0.15) is 42.1 Å². The van der Waals surface area contributed by atoms with Gasteiger partial charge in [-0.2, -0.15) is 10.2 Å². The standard InChI is InChI=1S/C30H28N4O4/c1-20-8-10-22(11-9-20)27-19-26(32-33(27)23-6-4-3-5-7-23)28-18-25(21-12-14-24(38-2)15-13-21)31-34(28)29(35)16-17-30(36)37/h3-15,19,28H,16-18H2,1-2H3,(H,36,37). The molecule has 1 unspecified atom stereocenters. The zero-order valence-corrected chi connectivity index (χ0v) is 21.2. The van der Waals surface area contributed by atoms with Crippen LogP contribution in [0.4, 0.5) is 0 Å². The van der Waals surface area contributed by atoms with E-state index in [0.29, 0.717) is 12.1 Å². The lowest BCUT2D eigenvalue weighted by Crippen LogP contribution is -2.27. The van der Waals surface area contributed by atoms with Gasteiger partial charge >= 0.3 is 5.97 Å². The maximum Gasteiger partial charge on any atom is 0.303 e. The summed E-state index contributed by atoms with van der Waals surface area (Å²) in [5.41, 5.74) is 6.22. The number of amides is 1. The van der Waals surface area contributed by atoms with Crippen molar-refractivity contribution in [3.8, 4) is 22.7 Å². The van der Waals surface area contributed by atoms with Crippen LogP contribution in [0.5, 0.6) is 5.75 Å². The third-order valence-corrected chi connectivity index (χ3v) is 6.56. The van der Waals surface area contributed by atoms with Crippen molar-refractivity contribution in [3.05, 3.63) is 102 Å². The molecule has 8 heteroatoms. The van der Waals surface area contributed by atoms with E-state index >= 15 is 0 Å². The number of carbonyl (C=O) groups is 2. The Labute approximate surface area is 220 Å². The molecule has 0 saturated carbocycles.